The number of nitrogen functional groups attached to an aromatic ring is 1. The van der Waals surface area contributed by atoms with Gasteiger partial charge in [0.15, 0.2) is 0 Å². The van der Waals surface area contributed by atoms with Gasteiger partial charge in [0, 0.05) is 11.6 Å². The van der Waals surface area contributed by atoms with Crippen molar-refractivity contribution >= 4 is 5.69 Å². The lowest BCUT2D eigenvalue weighted by Crippen LogP contribution is -2.48. The van der Waals surface area contributed by atoms with Crippen LogP contribution in [0.15, 0.2) is 12.1 Å². The summed E-state index contributed by atoms with van der Waals surface area (Å²) in [6.07, 6.45) is 7.40. The van der Waals surface area contributed by atoms with E-state index in [-0.39, 0.29) is 22.7 Å². The predicted molar refractivity (Wildman–Crippen MR) is 72.3 cm³/mol. The fraction of sp³-hybridized carbons (Fsp3) is 0.625. The topological polar surface area (TPSA) is 46.2 Å². The maximum Gasteiger partial charge on any atom is 0.146 e. The lowest BCUT2D eigenvalue weighted by Gasteiger charge is -2.57. The molecule has 4 aliphatic rings. The molecular formula is C16H20FNO. The summed E-state index contributed by atoms with van der Waals surface area (Å²) in [4.78, 5) is 0. The van der Waals surface area contributed by atoms with Gasteiger partial charge in [-0.1, -0.05) is 0 Å². The highest BCUT2D eigenvalue weighted by Crippen LogP contribution is 2.61. The van der Waals surface area contributed by atoms with Crippen molar-refractivity contribution in [3.63, 3.8) is 0 Å². The number of benzene rings is 1. The van der Waals surface area contributed by atoms with E-state index in [2.05, 4.69) is 0 Å². The van der Waals surface area contributed by atoms with E-state index in [0.29, 0.717) is 0 Å². The lowest BCUT2D eigenvalue weighted by atomic mass is 9.48. The molecule has 0 heterocycles. The Bertz CT molecular complexity index is 505. The third-order valence-corrected chi connectivity index (χ3v) is 5.72. The van der Waals surface area contributed by atoms with Crippen molar-refractivity contribution in [2.45, 2.75) is 43.9 Å². The van der Waals surface area contributed by atoms with Crippen LogP contribution in [0.3, 0.4) is 0 Å². The Labute approximate surface area is 112 Å². The molecule has 3 N–H and O–H groups in total. The molecule has 19 heavy (non-hydrogen) atoms. The van der Waals surface area contributed by atoms with Crippen LogP contribution in [0.2, 0.25) is 0 Å². The molecule has 102 valence electrons. The molecule has 0 unspecified atom stereocenters. The van der Waals surface area contributed by atoms with Gasteiger partial charge < -0.3 is 10.8 Å². The minimum atomic E-state index is -0.386. The Morgan fingerprint density at radius 3 is 2.11 bits per heavy atom. The largest absolute Gasteiger partial charge is 0.508 e. The monoisotopic (exact) mass is 261 g/mol. The van der Waals surface area contributed by atoms with Gasteiger partial charge in [0.05, 0.1) is 5.69 Å². The van der Waals surface area contributed by atoms with Gasteiger partial charge in [-0.05, 0) is 67.8 Å². The molecule has 4 bridgehead atoms. The first-order valence-corrected chi connectivity index (χ1v) is 7.34. The zero-order valence-electron chi connectivity index (χ0n) is 11.0. The summed E-state index contributed by atoms with van der Waals surface area (Å²) in [5.41, 5.74) is 6.43. The molecule has 0 saturated heterocycles. The van der Waals surface area contributed by atoms with E-state index >= 15 is 0 Å². The smallest absolute Gasteiger partial charge is 0.146 e. The van der Waals surface area contributed by atoms with Gasteiger partial charge in [-0.25, -0.2) is 4.39 Å². The first-order valence-electron chi connectivity index (χ1n) is 7.34. The quantitative estimate of drug-likeness (QED) is 0.759. The number of hydrogen-bond acceptors (Lipinski definition) is 2. The Balaban J connectivity index is 1.81. The average Bonchev–Trinajstić information content (AvgIpc) is 2.32. The van der Waals surface area contributed by atoms with Crippen LogP contribution < -0.4 is 5.73 Å². The molecule has 2 nitrogen and oxygen atoms in total. The van der Waals surface area contributed by atoms with Crippen molar-refractivity contribution in [2.75, 3.05) is 5.73 Å². The standard InChI is InChI=1S/C16H20FNO/c17-13-4-12(15(19)5-14(13)18)16-6-9-1-10(7-16)3-11(2-9)8-16/h4-5,9-11,19H,1-3,6-8,18H2. The molecule has 0 atom stereocenters. The maximum atomic E-state index is 13.8. The third-order valence-electron chi connectivity index (χ3n) is 5.72. The summed E-state index contributed by atoms with van der Waals surface area (Å²) in [7, 11) is 0. The van der Waals surface area contributed by atoms with Gasteiger partial charge in [0.2, 0.25) is 0 Å². The zero-order chi connectivity index (χ0) is 13.2. The summed E-state index contributed by atoms with van der Waals surface area (Å²) in [5.74, 6) is 2.16. The molecule has 3 heteroatoms. The van der Waals surface area contributed by atoms with Crippen molar-refractivity contribution in [2.24, 2.45) is 17.8 Å². The van der Waals surface area contributed by atoms with E-state index in [9.17, 15) is 9.50 Å². The van der Waals surface area contributed by atoms with Crippen molar-refractivity contribution in [3.05, 3.63) is 23.5 Å². The predicted octanol–water partition coefficient (Wildman–Crippen LogP) is 3.58. The highest BCUT2D eigenvalue weighted by molar-refractivity contribution is 5.52. The molecule has 0 aromatic heterocycles. The molecule has 0 amide bonds. The van der Waals surface area contributed by atoms with Gasteiger partial charge in [-0.2, -0.15) is 0 Å². The molecule has 4 saturated carbocycles. The van der Waals surface area contributed by atoms with Crippen LogP contribution in [0.4, 0.5) is 10.1 Å². The van der Waals surface area contributed by atoms with Crippen LogP contribution in [0.5, 0.6) is 5.75 Å². The molecule has 0 radical (unpaired) electrons. The van der Waals surface area contributed by atoms with Gasteiger partial charge in [-0.15, -0.1) is 0 Å². The lowest BCUT2D eigenvalue weighted by molar-refractivity contribution is -0.00625. The second-order valence-corrected chi connectivity index (χ2v) is 7.09. The summed E-state index contributed by atoms with van der Waals surface area (Å²) in [6.45, 7) is 0. The van der Waals surface area contributed by atoms with Crippen LogP contribution in [0.1, 0.15) is 44.1 Å². The molecule has 0 spiro atoms. The number of halogens is 1. The van der Waals surface area contributed by atoms with E-state index in [1.165, 1.54) is 31.4 Å². The second kappa shape index (κ2) is 3.65. The van der Waals surface area contributed by atoms with Crippen LogP contribution in [0.25, 0.3) is 0 Å². The van der Waals surface area contributed by atoms with E-state index in [1.807, 2.05) is 0 Å². The molecule has 4 aliphatic carbocycles. The summed E-state index contributed by atoms with van der Waals surface area (Å²) >= 11 is 0. The maximum absolute atomic E-state index is 13.8. The number of rotatable bonds is 1. The van der Waals surface area contributed by atoms with Gasteiger partial charge in [0.1, 0.15) is 11.6 Å². The summed E-state index contributed by atoms with van der Waals surface area (Å²) in [5, 5.41) is 10.2. The average molecular weight is 261 g/mol. The minimum absolute atomic E-state index is 0.0212. The third kappa shape index (κ3) is 1.60. The van der Waals surface area contributed by atoms with Gasteiger partial charge in [0.25, 0.3) is 0 Å². The highest BCUT2D eigenvalue weighted by Gasteiger charge is 2.52. The van der Waals surface area contributed by atoms with E-state index in [1.54, 1.807) is 0 Å². The van der Waals surface area contributed by atoms with Crippen molar-refractivity contribution < 1.29 is 9.50 Å². The first-order chi connectivity index (χ1) is 9.06. The normalized spacial score (nSPS) is 39.7. The Morgan fingerprint density at radius 2 is 1.58 bits per heavy atom. The molecule has 1 aromatic rings. The number of aromatic hydroxyl groups is 1. The minimum Gasteiger partial charge on any atom is -0.508 e. The van der Waals surface area contributed by atoms with Crippen LogP contribution in [-0.2, 0) is 5.41 Å². The number of phenolic OH excluding ortho intramolecular Hbond substituents is 1. The first kappa shape index (κ1) is 11.6. The molecule has 4 fully saturated rings. The highest BCUT2D eigenvalue weighted by atomic mass is 19.1. The fourth-order valence-electron chi connectivity index (χ4n) is 5.44. The number of phenols is 1. The van der Waals surface area contributed by atoms with Crippen LogP contribution in [0, 0.1) is 23.6 Å². The summed E-state index contributed by atoms with van der Waals surface area (Å²) in [6, 6.07) is 2.89. The molecule has 5 rings (SSSR count). The Hall–Kier alpha value is -1.25. The van der Waals surface area contributed by atoms with Crippen molar-refractivity contribution in [1.29, 1.82) is 0 Å². The van der Waals surface area contributed by atoms with Crippen molar-refractivity contribution in [3.8, 4) is 5.75 Å². The van der Waals surface area contributed by atoms with Crippen LogP contribution in [-0.4, -0.2) is 5.11 Å². The summed E-state index contributed by atoms with van der Waals surface area (Å²) < 4.78 is 13.8. The van der Waals surface area contributed by atoms with Gasteiger partial charge >= 0.3 is 0 Å². The van der Waals surface area contributed by atoms with E-state index in [4.69, 9.17) is 5.73 Å². The van der Waals surface area contributed by atoms with E-state index < -0.39 is 0 Å². The van der Waals surface area contributed by atoms with Crippen LogP contribution >= 0.6 is 0 Å². The Morgan fingerprint density at radius 1 is 1.05 bits per heavy atom. The van der Waals surface area contributed by atoms with Gasteiger partial charge in [-0.3, -0.25) is 0 Å². The second-order valence-electron chi connectivity index (χ2n) is 7.09. The molecular weight excluding hydrogens is 241 g/mol. The molecule has 0 aliphatic heterocycles. The fourth-order valence-corrected chi connectivity index (χ4v) is 5.44. The number of hydrogen-bond donors (Lipinski definition) is 2. The number of anilines is 1. The van der Waals surface area contributed by atoms with E-state index in [0.717, 1.165) is 42.6 Å². The van der Waals surface area contributed by atoms with Crippen molar-refractivity contribution in [1.82, 2.24) is 0 Å². The zero-order valence-corrected chi connectivity index (χ0v) is 11.0. The number of nitrogens with two attached hydrogens (primary N) is 1. The SMILES string of the molecule is Nc1cc(O)c(C23CC4CC(CC(C4)C2)C3)cc1F. The Kier molecular flexibility index (Phi) is 2.22. The molecule has 1 aromatic carbocycles.